The van der Waals surface area contributed by atoms with Crippen LogP contribution in [0, 0.1) is 0 Å². The summed E-state index contributed by atoms with van der Waals surface area (Å²) < 4.78 is 33.3. The van der Waals surface area contributed by atoms with Crippen LogP contribution < -0.4 is 4.72 Å². The molecule has 1 amide bonds. The number of sulfonamides is 1. The first-order chi connectivity index (χ1) is 13.0. The van der Waals surface area contributed by atoms with Crippen molar-refractivity contribution in [2.75, 3.05) is 31.0 Å². The van der Waals surface area contributed by atoms with Crippen molar-refractivity contribution in [3.63, 3.8) is 0 Å². The Morgan fingerprint density at radius 3 is 2.56 bits per heavy atom. The molecule has 0 aliphatic carbocycles. The Hall–Kier alpha value is -1.90. The van der Waals surface area contributed by atoms with Crippen molar-refractivity contribution in [2.24, 2.45) is 0 Å². The van der Waals surface area contributed by atoms with Crippen LogP contribution in [-0.4, -0.2) is 45.5 Å². The molecule has 0 bridgehead atoms. The summed E-state index contributed by atoms with van der Waals surface area (Å²) in [6.07, 6.45) is 2.12. The molecule has 1 aromatic heterocycles. The highest BCUT2D eigenvalue weighted by molar-refractivity contribution is 7.92. The molecule has 27 heavy (non-hydrogen) atoms. The highest BCUT2D eigenvalue weighted by Gasteiger charge is 2.21. The predicted octanol–water partition coefficient (Wildman–Crippen LogP) is 2.90. The smallest absolute Gasteiger partial charge is 0.261 e. The van der Waals surface area contributed by atoms with Gasteiger partial charge in [0.15, 0.2) is 0 Å². The van der Waals surface area contributed by atoms with E-state index >= 15 is 0 Å². The van der Waals surface area contributed by atoms with Crippen LogP contribution in [0.25, 0.3) is 0 Å². The van der Waals surface area contributed by atoms with E-state index < -0.39 is 10.0 Å². The van der Waals surface area contributed by atoms with E-state index in [0.29, 0.717) is 32.0 Å². The molecule has 0 radical (unpaired) electrons. The van der Waals surface area contributed by atoms with E-state index in [1.54, 1.807) is 28.5 Å². The standard InChI is InChI=1S/C19H24N2O4S2/c1-2-3-15-4-6-16(7-5-15)27(23,24)20-17-8-13-26-18(17)14-19(22)21-9-11-25-12-10-21/h4-8,13,20H,2-3,9-12,14H2,1H3. The van der Waals surface area contributed by atoms with Gasteiger partial charge in [0.1, 0.15) is 0 Å². The number of hydrogen-bond donors (Lipinski definition) is 1. The number of carbonyl (C=O) groups excluding carboxylic acids is 1. The number of benzene rings is 1. The number of rotatable bonds is 7. The fourth-order valence-electron chi connectivity index (χ4n) is 2.96. The van der Waals surface area contributed by atoms with E-state index in [9.17, 15) is 13.2 Å². The first-order valence-corrected chi connectivity index (χ1v) is 11.4. The van der Waals surface area contributed by atoms with Crippen LogP contribution in [-0.2, 0) is 32.4 Å². The van der Waals surface area contributed by atoms with E-state index in [1.807, 2.05) is 12.1 Å². The van der Waals surface area contributed by atoms with Crippen LogP contribution in [0.4, 0.5) is 5.69 Å². The molecular weight excluding hydrogens is 384 g/mol. The number of morpholine rings is 1. The van der Waals surface area contributed by atoms with Gasteiger partial charge in [0.05, 0.1) is 30.2 Å². The Morgan fingerprint density at radius 2 is 1.89 bits per heavy atom. The molecule has 146 valence electrons. The Kier molecular flexibility index (Phi) is 6.51. The third kappa shape index (κ3) is 5.09. The molecule has 3 rings (SSSR count). The molecule has 1 aliphatic rings. The van der Waals surface area contributed by atoms with Gasteiger partial charge in [-0.25, -0.2) is 8.42 Å². The fourth-order valence-corrected chi connectivity index (χ4v) is 4.94. The lowest BCUT2D eigenvalue weighted by Gasteiger charge is -2.26. The lowest BCUT2D eigenvalue weighted by Crippen LogP contribution is -2.41. The zero-order valence-corrected chi connectivity index (χ0v) is 16.9. The van der Waals surface area contributed by atoms with E-state index in [2.05, 4.69) is 11.6 Å². The maximum atomic E-state index is 12.7. The van der Waals surface area contributed by atoms with Crippen molar-refractivity contribution in [1.29, 1.82) is 0 Å². The van der Waals surface area contributed by atoms with Crippen LogP contribution >= 0.6 is 11.3 Å². The van der Waals surface area contributed by atoms with Gasteiger partial charge < -0.3 is 9.64 Å². The Labute approximate surface area is 164 Å². The van der Waals surface area contributed by atoms with Crippen molar-refractivity contribution >= 4 is 33.0 Å². The van der Waals surface area contributed by atoms with Crippen LogP contribution in [0.15, 0.2) is 40.6 Å². The number of nitrogens with one attached hydrogen (secondary N) is 1. The SMILES string of the molecule is CCCc1ccc(S(=O)(=O)Nc2ccsc2CC(=O)N2CCOCC2)cc1. The van der Waals surface area contributed by atoms with Crippen LogP contribution in [0.1, 0.15) is 23.8 Å². The van der Waals surface area contributed by atoms with E-state index in [0.717, 1.165) is 23.3 Å². The number of thiophene rings is 1. The minimum absolute atomic E-state index is 0.00915. The molecule has 1 N–H and O–H groups in total. The number of ether oxygens (including phenoxy) is 1. The lowest BCUT2D eigenvalue weighted by molar-refractivity contribution is -0.134. The van der Waals surface area contributed by atoms with Crippen molar-refractivity contribution in [3.05, 3.63) is 46.2 Å². The largest absolute Gasteiger partial charge is 0.378 e. The van der Waals surface area contributed by atoms with E-state index in [4.69, 9.17) is 4.74 Å². The average Bonchev–Trinajstić information content (AvgIpc) is 3.09. The van der Waals surface area contributed by atoms with Gasteiger partial charge >= 0.3 is 0 Å². The molecular formula is C19H24N2O4S2. The summed E-state index contributed by atoms with van der Waals surface area (Å²) in [5, 5.41) is 1.80. The molecule has 0 saturated carbocycles. The van der Waals surface area contributed by atoms with E-state index in [1.165, 1.54) is 11.3 Å². The second-order valence-electron chi connectivity index (χ2n) is 6.43. The molecule has 1 fully saturated rings. The molecule has 1 aliphatic heterocycles. The molecule has 0 atom stereocenters. The van der Waals surface area contributed by atoms with Gasteiger partial charge in [0, 0.05) is 18.0 Å². The fraction of sp³-hybridized carbons (Fsp3) is 0.421. The van der Waals surface area contributed by atoms with Gasteiger partial charge in [0.25, 0.3) is 10.0 Å². The molecule has 0 spiro atoms. The molecule has 8 heteroatoms. The number of anilines is 1. The molecule has 1 saturated heterocycles. The minimum Gasteiger partial charge on any atom is -0.378 e. The van der Waals surface area contributed by atoms with E-state index in [-0.39, 0.29) is 17.2 Å². The Balaban J connectivity index is 1.70. The van der Waals surface area contributed by atoms with Gasteiger partial charge in [0.2, 0.25) is 5.91 Å². The number of amides is 1. The third-order valence-corrected chi connectivity index (χ3v) is 6.74. The highest BCUT2D eigenvalue weighted by Crippen LogP contribution is 2.26. The summed E-state index contributed by atoms with van der Waals surface area (Å²) in [7, 11) is -3.69. The molecule has 0 unspecified atom stereocenters. The molecule has 2 heterocycles. The quantitative estimate of drug-likeness (QED) is 0.764. The summed E-state index contributed by atoms with van der Waals surface area (Å²) in [4.78, 5) is 15.2. The Bertz CT molecular complexity index is 869. The van der Waals surface area contributed by atoms with Gasteiger partial charge in [-0.05, 0) is 35.6 Å². The predicted molar refractivity (Wildman–Crippen MR) is 107 cm³/mol. The topological polar surface area (TPSA) is 75.7 Å². The second kappa shape index (κ2) is 8.86. The summed E-state index contributed by atoms with van der Waals surface area (Å²) in [6, 6.07) is 8.63. The zero-order chi connectivity index (χ0) is 19.3. The number of hydrogen-bond acceptors (Lipinski definition) is 5. The van der Waals surface area contributed by atoms with Crippen LogP contribution in [0.5, 0.6) is 0 Å². The second-order valence-corrected chi connectivity index (χ2v) is 9.11. The highest BCUT2D eigenvalue weighted by atomic mass is 32.2. The average molecular weight is 409 g/mol. The number of aryl methyl sites for hydroxylation is 1. The van der Waals surface area contributed by atoms with Crippen molar-refractivity contribution in [2.45, 2.75) is 31.1 Å². The van der Waals surface area contributed by atoms with Crippen LogP contribution in [0.2, 0.25) is 0 Å². The van der Waals surface area contributed by atoms with Crippen molar-refractivity contribution < 1.29 is 17.9 Å². The summed E-state index contributed by atoms with van der Waals surface area (Å²) >= 11 is 1.38. The summed E-state index contributed by atoms with van der Waals surface area (Å²) in [5.41, 5.74) is 1.59. The van der Waals surface area contributed by atoms with Gasteiger partial charge in [-0.1, -0.05) is 25.5 Å². The molecule has 6 nitrogen and oxygen atoms in total. The number of carbonyl (C=O) groups is 1. The summed E-state index contributed by atoms with van der Waals surface area (Å²) in [6.45, 7) is 4.33. The normalized spacial score (nSPS) is 14.9. The molecule has 1 aromatic carbocycles. The number of nitrogens with zero attached hydrogens (tertiary/aromatic N) is 1. The maximum absolute atomic E-state index is 12.7. The van der Waals surface area contributed by atoms with Crippen molar-refractivity contribution in [3.8, 4) is 0 Å². The van der Waals surface area contributed by atoms with Gasteiger partial charge in [-0.3, -0.25) is 9.52 Å². The lowest BCUT2D eigenvalue weighted by atomic mass is 10.1. The maximum Gasteiger partial charge on any atom is 0.261 e. The molecule has 2 aromatic rings. The third-order valence-electron chi connectivity index (χ3n) is 4.44. The van der Waals surface area contributed by atoms with Gasteiger partial charge in [-0.2, -0.15) is 0 Å². The minimum atomic E-state index is -3.69. The Morgan fingerprint density at radius 1 is 1.19 bits per heavy atom. The first-order valence-electron chi connectivity index (χ1n) is 9.03. The monoisotopic (exact) mass is 408 g/mol. The first kappa shape index (κ1) is 19.9. The van der Waals surface area contributed by atoms with Crippen molar-refractivity contribution in [1.82, 2.24) is 4.90 Å². The van der Waals surface area contributed by atoms with Gasteiger partial charge in [-0.15, -0.1) is 11.3 Å². The summed E-state index contributed by atoms with van der Waals surface area (Å²) in [5.74, 6) is -0.00915. The zero-order valence-electron chi connectivity index (χ0n) is 15.3. The van der Waals surface area contributed by atoms with Crippen LogP contribution in [0.3, 0.4) is 0 Å².